The second-order valence-corrected chi connectivity index (χ2v) is 7.65. The van der Waals surface area contributed by atoms with Crippen molar-refractivity contribution in [3.05, 3.63) is 41.3 Å². The average Bonchev–Trinajstić information content (AvgIpc) is 3.05. The number of morpholine rings is 1. The number of nitrogens with zero attached hydrogens (tertiary/aromatic N) is 1. The third-order valence-corrected chi connectivity index (χ3v) is 5.13. The summed E-state index contributed by atoms with van der Waals surface area (Å²) in [5, 5.41) is 5.54. The number of hydrogen-bond acceptors (Lipinski definition) is 4. The van der Waals surface area contributed by atoms with Gasteiger partial charge in [0.2, 0.25) is 5.91 Å². The Bertz CT molecular complexity index is 765. The summed E-state index contributed by atoms with van der Waals surface area (Å²) < 4.78 is 5.36. The Morgan fingerprint density at radius 3 is 2.54 bits per heavy atom. The Kier molecular flexibility index (Phi) is 6.06. The Balaban J connectivity index is 1.95. The van der Waals surface area contributed by atoms with Gasteiger partial charge in [-0.1, -0.05) is 44.2 Å². The van der Waals surface area contributed by atoms with Crippen molar-refractivity contribution < 1.29 is 14.3 Å². The molecule has 26 heavy (non-hydrogen) atoms. The number of ether oxygens (including phenoxy) is 1. The van der Waals surface area contributed by atoms with Gasteiger partial charge in [-0.15, -0.1) is 11.3 Å². The molecule has 0 aliphatic carbocycles. The Morgan fingerprint density at radius 1 is 1.19 bits per heavy atom. The molecule has 1 saturated heterocycles. The lowest BCUT2D eigenvalue weighted by molar-refractivity contribution is -0.116. The van der Waals surface area contributed by atoms with Crippen LogP contribution in [0, 0.1) is 5.92 Å². The molecule has 2 heterocycles. The van der Waals surface area contributed by atoms with Crippen LogP contribution in [0.5, 0.6) is 0 Å². The highest BCUT2D eigenvalue weighted by Crippen LogP contribution is 2.36. The van der Waals surface area contributed by atoms with Gasteiger partial charge in [0, 0.05) is 30.5 Å². The molecule has 6 heteroatoms. The first-order valence-corrected chi connectivity index (χ1v) is 9.78. The first kappa shape index (κ1) is 18.6. The largest absolute Gasteiger partial charge is 0.378 e. The van der Waals surface area contributed by atoms with E-state index in [1.165, 1.54) is 11.3 Å². The number of thiophene rings is 1. The zero-order valence-electron chi connectivity index (χ0n) is 15.2. The molecule has 2 aromatic rings. The van der Waals surface area contributed by atoms with Crippen LogP contribution in [0.15, 0.2) is 35.7 Å². The smallest absolute Gasteiger partial charge is 0.257 e. The van der Waals surface area contributed by atoms with E-state index in [9.17, 15) is 9.59 Å². The Morgan fingerprint density at radius 2 is 1.88 bits per heavy atom. The maximum absolute atomic E-state index is 13.2. The zero-order chi connectivity index (χ0) is 18.5. The molecule has 3 rings (SSSR count). The highest BCUT2D eigenvalue weighted by molar-refractivity contribution is 7.15. The molecule has 1 aliphatic rings. The number of hydrogen-bond donors (Lipinski definition) is 1. The van der Waals surface area contributed by atoms with E-state index in [0.717, 1.165) is 11.1 Å². The van der Waals surface area contributed by atoms with Crippen molar-refractivity contribution in [2.75, 3.05) is 31.6 Å². The van der Waals surface area contributed by atoms with E-state index in [-0.39, 0.29) is 17.7 Å². The van der Waals surface area contributed by atoms with Crippen LogP contribution >= 0.6 is 11.3 Å². The van der Waals surface area contributed by atoms with Crippen molar-refractivity contribution in [1.82, 2.24) is 4.90 Å². The van der Waals surface area contributed by atoms with Crippen LogP contribution in [0.1, 0.15) is 30.6 Å². The van der Waals surface area contributed by atoms with Gasteiger partial charge in [0.1, 0.15) is 5.00 Å². The summed E-state index contributed by atoms with van der Waals surface area (Å²) in [6, 6.07) is 9.82. The summed E-state index contributed by atoms with van der Waals surface area (Å²) in [6.07, 6.45) is 0.434. The number of benzene rings is 1. The van der Waals surface area contributed by atoms with Crippen molar-refractivity contribution in [1.29, 1.82) is 0 Å². The molecule has 1 aliphatic heterocycles. The number of nitrogens with one attached hydrogen (secondary N) is 1. The zero-order valence-corrected chi connectivity index (χ0v) is 16.0. The lowest BCUT2D eigenvalue weighted by atomic mass is 10.0. The number of carbonyl (C=O) groups is 2. The van der Waals surface area contributed by atoms with Gasteiger partial charge in [0.25, 0.3) is 5.91 Å². The normalized spacial score (nSPS) is 14.5. The lowest BCUT2D eigenvalue weighted by Gasteiger charge is -2.27. The first-order chi connectivity index (χ1) is 12.6. The summed E-state index contributed by atoms with van der Waals surface area (Å²) >= 11 is 1.41. The Labute approximate surface area is 158 Å². The molecule has 0 bridgehead atoms. The van der Waals surface area contributed by atoms with Gasteiger partial charge in [0.15, 0.2) is 0 Å². The van der Waals surface area contributed by atoms with Crippen molar-refractivity contribution in [3.63, 3.8) is 0 Å². The quantitative estimate of drug-likeness (QED) is 0.867. The molecule has 5 nitrogen and oxygen atoms in total. The van der Waals surface area contributed by atoms with Crippen molar-refractivity contribution in [2.45, 2.75) is 20.3 Å². The third-order valence-electron chi connectivity index (χ3n) is 4.23. The van der Waals surface area contributed by atoms with E-state index in [2.05, 4.69) is 5.32 Å². The summed E-state index contributed by atoms with van der Waals surface area (Å²) in [7, 11) is 0. The van der Waals surface area contributed by atoms with Crippen LogP contribution in [0.25, 0.3) is 11.1 Å². The fourth-order valence-electron chi connectivity index (χ4n) is 2.97. The summed E-state index contributed by atoms with van der Waals surface area (Å²) in [5.41, 5.74) is 2.43. The standard InChI is InChI=1S/C20H24N2O3S/c1-14(2)12-17(23)21-19-18(20(24)22-8-10-25-11-9-22)16(13-26-19)15-6-4-3-5-7-15/h3-7,13-14H,8-12H2,1-2H3,(H,21,23). The molecule has 1 aromatic carbocycles. The average molecular weight is 372 g/mol. The van der Waals surface area contributed by atoms with Gasteiger partial charge in [-0.2, -0.15) is 0 Å². The highest BCUT2D eigenvalue weighted by Gasteiger charge is 2.27. The van der Waals surface area contributed by atoms with Gasteiger partial charge in [-0.3, -0.25) is 9.59 Å². The number of carbonyl (C=O) groups excluding carboxylic acids is 2. The van der Waals surface area contributed by atoms with E-state index >= 15 is 0 Å². The maximum atomic E-state index is 13.2. The monoisotopic (exact) mass is 372 g/mol. The second kappa shape index (κ2) is 8.47. The van der Waals surface area contributed by atoms with Crippen molar-refractivity contribution >= 4 is 28.2 Å². The molecule has 0 unspecified atom stereocenters. The summed E-state index contributed by atoms with van der Waals surface area (Å²) in [4.78, 5) is 27.3. The van der Waals surface area contributed by atoms with Gasteiger partial charge in [-0.05, 0) is 11.5 Å². The number of rotatable bonds is 5. The van der Waals surface area contributed by atoms with Crippen LogP contribution < -0.4 is 5.32 Å². The molecular weight excluding hydrogens is 348 g/mol. The van der Waals surface area contributed by atoms with Gasteiger partial charge >= 0.3 is 0 Å². The van der Waals surface area contributed by atoms with Crippen LogP contribution in [-0.4, -0.2) is 43.0 Å². The minimum absolute atomic E-state index is 0.0479. The fraction of sp³-hybridized carbons (Fsp3) is 0.400. The van der Waals surface area contributed by atoms with Gasteiger partial charge in [0.05, 0.1) is 18.8 Å². The van der Waals surface area contributed by atoms with E-state index in [1.54, 1.807) is 4.90 Å². The molecule has 2 amide bonds. The molecular formula is C20H24N2O3S. The number of anilines is 1. The maximum Gasteiger partial charge on any atom is 0.257 e. The van der Waals surface area contributed by atoms with E-state index in [4.69, 9.17) is 4.74 Å². The molecule has 1 fully saturated rings. The minimum atomic E-state index is -0.0579. The Hall–Kier alpha value is -2.18. The highest BCUT2D eigenvalue weighted by atomic mass is 32.1. The second-order valence-electron chi connectivity index (χ2n) is 6.77. The fourth-order valence-corrected chi connectivity index (χ4v) is 3.94. The van der Waals surface area contributed by atoms with Crippen LogP contribution in [0.2, 0.25) is 0 Å². The summed E-state index contributed by atoms with van der Waals surface area (Å²) in [6.45, 7) is 6.24. The van der Waals surface area contributed by atoms with E-state index in [0.29, 0.717) is 43.3 Å². The minimum Gasteiger partial charge on any atom is -0.378 e. The van der Waals surface area contributed by atoms with Crippen LogP contribution in [-0.2, 0) is 9.53 Å². The molecule has 1 N–H and O–H groups in total. The van der Waals surface area contributed by atoms with Crippen LogP contribution in [0.4, 0.5) is 5.00 Å². The van der Waals surface area contributed by atoms with Gasteiger partial charge in [-0.25, -0.2) is 0 Å². The third kappa shape index (κ3) is 4.31. The molecule has 0 saturated carbocycles. The van der Waals surface area contributed by atoms with E-state index < -0.39 is 0 Å². The lowest BCUT2D eigenvalue weighted by Crippen LogP contribution is -2.41. The predicted molar refractivity (Wildman–Crippen MR) is 105 cm³/mol. The predicted octanol–water partition coefficient (Wildman–Crippen LogP) is 3.87. The molecule has 0 atom stereocenters. The van der Waals surface area contributed by atoms with Crippen molar-refractivity contribution in [2.24, 2.45) is 5.92 Å². The topological polar surface area (TPSA) is 58.6 Å². The van der Waals surface area contributed by atoms with E-state index in [1.807, 2.05) is 49.6 Å². The molecule has 0 radical (unpaired) electrons. The molecule has 138 valence electrons. The van der Waals surface area contributed by atoms with Crippen molar-refractivity contribution in [3.8, 4) is 11.1 Å². The molecule has 1 aromatic heterocycles. The SMILES string of the molecule is CC(C)CC(=O)Nc1scc(-c2ccccc2)c1C(=O)N1CCOCC1. The molecule has 0 spiro atoms. The summed E-state index contributed by atoms with van der Waals surface area (Å²) in [5.74, 6) is 0.160. The number of amides is 2. The van der Waals surface area contributed by atoms with Crippen LogP contribution in [0.3, 0.4) is 0 Å². The first-order valence-electron chi connectivity index (χ1n) is 8.90. The van der Waals surface area contributed by atoms with Gasteiger partial charge < -0.3 is 15.0 Å².